The molecule has 5 nitrogen and oxygen atoms in total. The highest BCUT2D eigenvalue weighted by molar-refractivity contribution is 6.44. The van der Waals surface area contributed by atoms with E-state index >= 15 is 0 Å². The second-order valence-corrected chi connectivity index (χ2v) is 5.87. The minimum absolute atomic E-state index is 0.704. The Morgan fingerprint density at radius 2 is 1.53 bits per heavy atom. The van der Waals surface area contributed by atoms with Gasteiger partial charge in [-0.2, -0.15) is 0 Å². The van der Waals surface area contributed by atoms with Gasteiger partial charge >= 0.3 is 9.28 Å². The van der Waals surface area contributed by atoms with E-state index in [1.54, 1.807) is 0 Å². The number of nitrogens with one attached hydrogen (secondary N) is 2. The van der Waals surface area contributed by atoms with Crippen molar-refractivity contribution in [2.24, 2.45) is 5.73 Å². The fourth-order valence-corrected chi connectivity index (χ4v) is 3.22. The number of nitrogens with two attached hydrogens (primary N) is 1. The summed E-state index contributed by atoms with van der Waals surface area (Å²) < 4.78 is 11.2. The molecule has 0 saturated heterocycles. The maximum Gasteiger partial charge on any atom is 0.321 e. The molecule has 0 fully saturated rings. The van der Waals surface area contributed by atoms with Crippen LogP contribution >= 0.6 is 0 Å². The lowest BCUT2D eigenvalue weighted by Crippen LogP contribution is -2.31. The third-order valence-electron chi connectivity index (χ3n) is 2.30. The van der Waals surface area contributed by atoms with E-state index in [0.29, 0.717) is 6.54 Å². The first kappa shape index (κ1) is 17.0. The molecule has 0 aromatic carbocycles. The quantitative estimate of drug-likeness (QED) is 0.317. The van der Waals surface area contributed by atoms with Gasteiger partial charge in [0.25, 0.3) is 0 Å². The smallest absolute Gasteiger partial charge is 0.321 e. The maximum atomic E-state index is 5.60. The lowest BCUT2D eigenvalue weighted by molar-refractivity contribution is 0.213. The number of hydrogen-bond acceptors (Lipinski definition) is 5. The van der Waals surface area contributed by atoms with Crippen LogP contribution in [0.2, 0.25) is 6.04 Å². The van der Waals surface area contributed by atoms with E-state index in [-0.39, 0.29) is 0 Å². The van der Waals surface area contributed by atoms with Gasteiger partial charge in [-0.25, -0.2) is 0 Å². The van der Waals surface area contributed by atoms with Crippen LogP contribution in [-0.2, 0) is 8.85 Å². The molecule has 0 amide bonds. The van der Waals surface area contributed by atoms with Crippen molar-refractivity contribution in [2.45, 2.75) is 26.3 Å². The molecule has 0 heterocycles. The predicted octanol–water partition coefficient (Wildman–Crippen LogP) is -0.192. The molecule has 17 heavy (non-hydrogen) atoms. The maximum absolute atomic E-state index is 5.60. The summed E-state index contributed by atoms with van der Waals surface area (Å²) in [6.07, 6.45) is 1.13. The molecule has 0 rings (SSSR count). The fraction of sp³-hybridized carbons (Fsp3) is 1.00. The first-order valence-corrected chi connectivity index (χ1v) is 8.45. The molecule has 0 bridgehead atoms. The summed E-state index contributed by atoms with van der Waals surface area (Å²) >= 11 is 0. The number of rotatable bonds is 13. The van der Waals surface area contributed by atoms with Gasteiger partial charge in [-0.1, -0.05) is 0 Å². The van der Waals surface area contributed by atoms with Gasteiger partial charge in [-0.05, 0) is 32.9 Å². The van der Waals surface area contributed by atoms with Crippen LogP contribution in [0.25, 0.3) is 0 Å². The summed E-state index contributed by atoms with van der Waals surface area (Å²) in [5.74, 6) is 0. The molecular formula is C11H29N3O2Si. The van der Waals surface area contributed by atoms with Gasteiger partial charge in [0.1, 0.15) is 0 Å². The van der Waals surface area contributed by atoms with Gasteiger partial charge in [-0.15, -0.1) is 0 Å². The fourth-order valence-electron chi connectivity index (χ4n) is 1.51. The highest BCUT2D eigenvalue weighted by atomic mass is 28.3. The van der Waals surface area contributed by atoms with Gasteiger partial charge in [0, 0.05) is 39.4 Å². The van der Waals surface area contributed by atoms with Crippen LogP contribution in [0.15, 0.2) is 0 Å². The minimum atomic E-state index is -1.38. The van der Waals surface area contributed by atoms with E-state index < -0.39 is 9.28 Å². The molecule has 104 valence electrons. The van der Waals surface area contributed by atoms with Crippen LogP contribution in [0.1, 0.15) is 20.3 Å². The third-order valence-corrected chi connectivity index (χ3v) is 4.59. The van der Waals surface area contributed by atoms with E-state index in [1.165, 1.54) is 0 Å². The summed E-state index contributed by atoms with van der Waals surface area (Å²) in [5.41, 5.74) is 5.38. The Bertz CT molecular complexity index is 147. The van der Waals surface area contributed by atoms with E-state index in [4.69, 9.17) is 14.6 Å². The molecule has 0 radical (unpaired) electrons. The molecule has 0 aliphatic heterocycles. The molecule has 6 heteroatoms. The molecule has 0 aliphatic rings. The van der Waals surface area contributed by atoms with E-state index in [0.717, 1.165) is 51.9 Å². The lowest BCUT2D eigenvalue weighted by atomic mass is 10.4. The van der Waals surface area contributed by atoms with Crippen molar-refractivity contribution in [2.75, 3.05) is 45.9 Å². The molecule has 0 atom stereocenters. The van der Waals surface area contributed by atoms with Crippen LogP contribution < -0.4 is 16.4 Å². The lowest BCUT2D eigenvalue weighted by Gasteiger charge is -2.14. The molecule has 0 saturated carbocycles. The minimum Gasteiger partial charge on any atom is -0.397 e. The summed E-state index contributed by atoms with van der Waals surface area (Å²) in [5, 5.41) is 6.64. The Kier molecular flexibility index (Phi) is 14.1. The molecule has 4 N–H and O–H groups in total. The average Bonchev–Trinajstić information content (AvgIpc) is 2.33. The van der Waals surface area contributed by atoms with Crippen LogP contribution in [0.3, 0.4) is 0 Å². The van der Waals surface area contributed by atoms with Crippen molar-refractivity contribution < 1.29 is 8.85 Å². The first-order chi connectivity index (χ1) is 8.35. The highest BCUT2D eigenvalue weighted by Crippen LogP contribution is 2.00. The van der Waals surface area contributed by atoms with Gasteiger partial charge in [-0.3, -0.25) is 0 Å². The van der Waals surface area contributed by atoms with Crippen molar-refractivity contribution >= 4 is 9.28 Å². The molecule has 0 aromatic rings. The normalized spacial score (nSPS) is 11.3. The second kappa shape index (κ2) is 14.1. The Morgan fingerprint density at radius 3 is 2.06 bits per heavy atom. The number of hydrogen-bond donors (Lipinski definition) is 3. The topological polar surface area (TPSA) is 68.5 Å². The van der Waals surface area contributed by atoms with E-state index in [2.05, 4.69) is 10.6 Å². The monoisotopic (exact) mass is 263 g/mol. The Hall–Kier alpha value is 0.0169. The molecule has 0 spiro atoms. The second-order valence-electron chi connectivity index (χ2n) is 3.77. The van der Waals surface area contributed by atoms with Gasteiger partial charge in [0.15, 0.2) is 0 Å². The zero-order valence-corrected chi connectivity index (χ0v) is 12.5. The highest BCUT2D eigenvalue weighted by Gasteiger charge is 2.10. The van der Waals surface area contributed by atoms with Gasteiger partial charge in [0.05, 0.1) is 0 Å². The summed E-state index contributed by atoms with van der Waals surface area (Å²) in [6.45, 7) is 10.2. The van der Waals surface area contributed by atoms with Crippen molar-refractivity contribution in [1.82, 2.24) is 10.6 Å². The van der Waals surface area contributed by atoms with Crippen molar-refractivity contribution in [3.05, 3.63) is 0 Å². The summed E-state index contributed by atoms with van der Waals surface area (Å²) in [7, 11) is -1.38. The summed E-state index contributed by atoms with van der Waals surface area (Å²) in [6, 6.07) is 1.09. The molecule has 0 aliphatic carbocycles. The molecule has 0 aromatic heterocycles. The average molecular weight is 263 g/mol. The summed E-state index contributed by atoms with van der Waals surface area (Å²) in [4.78, 5) is 0. The van der Waals surface area contributed by atoms with Crippen LogP contribution in [0.4, 0.5) is 0 Å². The molecular weight excluding hydrogens is 234 g/mol. The van der Waals surface area contributed by atoms with Gasteiger partial charge < -0.3 is 25.2 Å². The van der Waals surface area contributed by atoms with Crippen LogP contribution in [0.5, 0.6) is 0 Å². The Morgan fingerprint density at radius 1 is 0.941 bits per heavy atom. The van der Waals surface area contributed by atoms with Crippen LogP contribution in [-0.4, -0.2) is 55.2 Å². The largest absolute Gasteiger partial charge is 0.397 e. The van der Waals surface area contributed by atoms with E-state index in [1.807, 2.05) is 13.8 Å². The predicted molar refractivity (Wildman–Crippen MR) is 74.6 cm³/mol. The van der Waals surface area contributed by atoms with Crippen LogP contribution in [0, 0.1) is 0 Å². The SMILES string of the molecule is CCO[SiH](CCCNCCNCCN)OCC. The Balaban J connectivity index is 3.23. The standard InChI is InChI=1S/C11H29N3O2Si/c1-3-15-17(16-4-2)11-5-7-13-9-10-14-8-6-12/h13-14,17H,3-12H2,1-2H3. The third kappa shape index (κ3) is 12.3. The van der Waals surface area contributed by atoms with Crippen molar-refractivity contribution in [3.8, 4) is 0 Å². The van der Waals surface area contributed by atoms with Crippen molar-refractivity contribution in [3.63, 3.8) is 0 Å². The zero-order chi connectivity index (χ0) is 12.8. The Labute approximate surface area is 107 Å². The van der Waals surface area contributed by atoms with E-state index in [9.17, 15) is 0 Å². The van der Waals surface area contributed by atoms with Gasteiger partial charge in [0.2, 0.25) is 0 Å². The first-order valence-electron chi connectivity index (χ1n) is 6.69. The molecule has 0 unspecified atom stereocenters. The zero-order valence-electron chi connectivity index (χ0n) is 11.3. The van der Waals surface area contributed by atoms with Crippen molar-refractivity contribution in [1.29, 1.82) is 0 Å².